The SMILES string of the molecule is O=C(NO)C(c1ccccc1)c1ccc(N2CCCCC2O)cc1. The molecule has 5 heteroatoms. The number of anilines is 1. The Hall–Kier alpha value is -2.37. The number of aliphatic hydroxyl groups excluding tert-OH is 1. The van der Waals surface area contributed by atoms with Gasteiger partial charge < -0.3 is 10.0 Å². The monoisotopic (exact) mass is 326 g/mol. The van der Waals surface area contributed by atoms with Crippen molar-refractivity contribution in [2.24, 2.45) is 0 Å². The molecule has 0 radical (unpaired) electrons. The Labute approximate surface area is 141 Å². The summed E-state index contributed by atoms with van der Waals surface area (Å²) in [6, 6.07) is 16.9. The van der Waals surface area contributed by atoms with Crippen LogP contribution in [0.25, 0.3) is 0 Å². The maximum atomic E-state index is 12.1. The van der Waals surface area contributed by atoms with Gasteiger partial charge in [0.2, 0.25) is 0 Å². The van der Waals surface area contributed by atoms with Crippen LogP contribution in [-0.2, 0) is 4.79 Å². The predicted molar refractivity (Wildman–Crippen MR) is 91.9 cm³/mol. The van der Waals surface area contributed by atoms with Crippen LogP contribution in [0.5, 0.6) is 0 Å². The molecule has 2 aromatic carbocycles. The van der Waals surface area contributed by atoms with Gasteiger partial charge in [-0.25, -0.2) is 5.48 Å². The lowest BCUT2D eigenvalue weighted by molar-refractivity contribution is -0.129. The number of carbonyl (C=O) groups excluding carboxylic acids is 1. The molecule has 5 nitrogen and oxygen atoms in total. The Balaban J connectivity index is 1.88. The number of piperidine rings is 1. The molecule has 0 aliphatic carbocycles. The Morgan fingerprint density at radius 2 is 1.71 bits per heavy atom. The van der Waals surface area contributed by atoms with Crippen LogP contribution >= 0.6 is 0 Å². The minimum absolute atomic E-state index is 0.449. The first-order valence-electron chi connectivity index (χ1n) is 8.24. The zero-order chi connectivity index (χ0) is 16.9. The van der Waals surface area contributed by atoms with Crippen molar-refractivity contribution >= 4 is 11.6 Å². The third kappa shape index (κ3) is 3.42. The van der Waals surface area contributed by atoms with Gasteiger partial charge in [0.25, 0.3) is 5.91 Å². The van der Waals surface area contributed by atoms with Crippen molar-refractivity contribution in [3.05, 3.63) is 65.7 Å². The zero-order valence-electron chi connectivity index (χ0n) is 13.4. The van der Waals surface area contributed by atoms with Gasteiger partial charge in [-0.2, -0.15) is 0 Å². The third-order valence-corrected chi connectivity index (χ3v) is 4.53. The Bertz CT molecular complexity index is 673. The average Bonchev–Trinajstić information content (AvgIpc) is 2.64. The summed E-state index contributed by atoms with van der Waals surface area (Å²) in [5.74, 6) is -1.04. The van der Waals surface area contributed by atoms with E-state index in [1.807, 2.05) is 59.5 Å². The summed E-state index contributed by atoms with van der Waals surface area (Å²) < 4.78 is 0. The van der Waals surface area contributed by atoms with E-state index >= 15 is 0 Å². The van der Waals surface area contributed by atoms with Gasteiger partial charge in [0.1, 0.15) is 6.23 Å². The lowest BCUT2D eigenvalue weighted by Gasteiger charge is -2.34. The van der Waals surface area contributed by atoms with Crippen LogP contribution in [-0.4, -0.2) is 29.0 Å². The maximum absolute atomic E-state index is 12.1. The van der Waals surface area contributed by atoms with E-state index in [0.717, 1.165) is 42.6 Å². The highest BCUT2D eigenvalue weighted by Crippen LogP contribution is 2.29. The van der Waals surface area contributed by atoms with E-state index in [9.17, 15) is 9.90 Å². The lowest BCUT2D eigenvalue weighted by Crippen LogP contribution is -2.39. The zero-order valence-corrected chi connectivity index (χ0v) is 13.4. The van der Waals surface area contributed by atoms with E-state index < -0.39 is 18.1 Å². The number of rotatable bonds is 4. The van der Waals surface area contributed by atoms with Crippen LogP contribution < -0.4 is 10.4 Å². The van der Waals surface area contributed by atoms with E-state index in [-0.39, 0.29) is 0 Å². The van der Waals surface area contributed by atoms with Crippen molar-refractivity contribution in [1.82, 2.24) is 5.48 Å². The highest BCUT2D eigenvalue weighted by Gasteiger charge is 2.24. The Morgan fingerprint density at radius 1 is 1.04 bits per heavy atom. The molecule has 2 atom stereocenters. The summed E-state index contributed by atoms with van der Waals surface area (Å²) in [6.07, 6.45) is 2.44. The van der Waals surface area contributed by atoms with Crippen LogP contribution in [0.4, 0.5) is 5.69 Å². The number of amides is 1. The lowest BCUT2D eigenvalue weighted by atomic mass is 9.90. The summed E-state index contributed by atoms with van der Waals surface area (Å²) in [5.41, 5.74) is 4.31. The third-order valence-electron chi connectivity index (χ3n) is 4.53. The Morgan fingerprint density at radius 3 is 2.33 bits per heavy atom. The van der Waals surface area contributed by atoms with Crippen LogP contribution in [0.15, 0.2) is 54.6 Å². The number of aliphatic hydroxyl groups is 1. The first-order valence-corrected chi connectivity index (χ1v) is 8.24. The summed E-state index contributed by atoms with van der Waals surface area (Å²) >= 11 is 0. The van der Waals surface area contributed by atoms with Crippen molar-refractivity contribution in [3.63, 3.8) is 0 Å². The van der Waals surface area contributed by atoms with E-state index in [2.05, 4.69) is 0 Å². The van der Waals surface area contributed by atoms with E-state index in [1.54, 1.807) is 5.48 Å². The highest BCUT2D eigenvalue weighted by molar-refractivity contribution is 5.86. The second-order valence-corrected chi connectivity index (χ2v) is 6.08. The first kappa shape index (κ1) is 16.5. The van der Waals surface area contributed by atoms with Gasteiger partial charge >= 0.3 is 0 Å². The number of carbonyl (C=O) groups is 1. The van der Waals surface area contributed by atoms with Crippen molar-refractivity contribution in [2.45, 2.75) is 31.4 Å². The standard InChI is InChI=1S/C19H22N2O3/c22-17-8-4-5-13-21(17)16-11-9-15(10-12-16)18(19(23)20-24)14-6-2-1-3-7-14/h1-3,6-7,9-12,17-18,22,24H,4-5,8,13H2,(H,20,23). The molecule has 1 saturated heterocycles. The molecular weight excluding hydrogens is 304 g/mol. The van der Waals surface area contributed by atoms with Gasteiger partial charge in [-0.15, -0.1) is 0 Å². The molecule has 1 amide bonds. The van der Waals surface area contributed by atoms with Crippen molar-refractivity contribution in [3.8, 4) is 0 Å². The van der Waals surface area contributed by atoms with Gasteiger partial charge in [0.15, 0.2) is 0 Å². The van der Waals surface area contributed by atoms with E-state index in [4.69, 9.17) is 5.21 Å². The molecule has 1 heterocycles. The molecule has 0 aromatic heterocycles. The molecule has 3 N–H and O–H groups in total. The number of hydrogen-bond acceptors (Lipinski definition) is 4. The van der Waals surface area contributed by atoms with E-state index in [1.165, 1.54) is 0 Å². The minimum Gasteiger partial charge on any atom is -0.374 e. The molecule has 126 valence electrons. The summed E-state index contributed by atoms with van der Waals surface area (Å²) in [5, 5.41) is 19.2. The van der Waals surface area contributed by atoms with Crippen molar-refractivity contribution in [1.29, 1.82) is 0 Å². The molecule has 0 bridgehead atoms. The molecular formula is C19H22N2O3. The molecule has 2 aromatic rings. The topological polar surface area (TPSA) is 72.8 Å². The number of nitrogens with one attached hydrogen (secondary N) is 1. The summed E-state index contributed by atoms with van der Waals surface area (Å²) in [7, 11) is 0. The average molecular weight is 326 g/mol. The quantitative estimate of drug-likeness (QED) is 0.596. The molecule has 2 unspecified atom stereocenters. The predicted octanol–water partition coefficient (Wildman–Crippen LogP) is 2.63. The summed E-state index contributed by atoms with van der Waals surface area (Å²) in [6.45, 7) is 0.833. The number of nitrogens with zero attached hydrogens (tertiary/aromatic N) is 1. The van der Waals surface area contributed by atoms with Crippen LogP contribution in [0, 0.1) is 0 Å². The number of hydroxylamine groups is 1. The van der Waals surface area contributed by atoms with Gasteiger partial charge in [-0.1, -0.05) is 42.5 Å². The highest BCUT2D eigenvalue weighted by atomic mass is 16.5. The normalized spacial score (nSPS) is 18.9. The number of benzene rings is 2. The van der Waals surface area contributed by atoms with E-state index in [0.29, 0.717) is 0 Å². The fourth-order valence-electron chi connectivity index (χ4n) is 3.28. The fraction of sp³-hybridized carbons (Fsp3) is 0.316. The van der Waals surface area contributed by atoms with Crippen molar-refractivity contribution in [2.75, 3.05) is 11.4 Å². The fourth-order valence-corrected chi connectivity index (χ4v) is 3.28. The first-order chi connectivity index (χ1) is 11.7. The van der Waals surface area contributed by atoms with Gasteiger partial charge in [-0.05, 0) is 42.5 Å². The van der Waals surface area contributed by atoms with Gasteiger partial charge in [0.05, 0.1) is 5.92 Å². The molecule has 0 spiro atoms. The molecule has 24 heavy (non-hydrogen) atoms. The molecule has 3 rings (SSSR count). The molecule has 1 aliphatic rings. The largest absolute Gasteiger partial charge is 0.374 e. The van der Waals surface area contributed by atoms with Crippen molar-refractivity contribution < 1.29 is 15.1 Å². The van der Waals surface area contributed by atoms with Crippen LogP contribution in [0.1, 0.15) is 36.3 Å². The second kappa shape index (κ2) is 7.47. The van der Waals surface area contributed by atoms with Crippen LogP contribution in [0.3, 0.4) is 0 Å². The summed E-state index contributed by atoms with van der Waals surface area (Å²) in [4.78, 5) is 14.1. The smallest absolute Gasteiger partial charge is 0.255 e. The Kier molecular flexibility index (Phi) is 5.13. The maximum Gasteiger partial charge on any atom is 0.255 e. The molecule has 1 aliphatic heterocycles. The van der Waals surface area contributed by atoms with Gasteiger partial charge in [-0.3, -0.25) is 10.0 Å². The second-order valence-electron chi connectivity index (χ2n) is 6.08. The number of hydrogen-bond donors (Lipinski definition) is 3. The molecule has 0 saturated carbocycles. The minimum atomic E-state index is -0.573. The van der Waals surface area contributed by atoms with Gasteiger partial charge in [0, 0.05) is 12.2 Å². The molecule has 1 fully saturated rings. The van der Waals surface area contributed by atoms with Crippen LogP contribution in [0.2, 0.25) is 0 Å².